The fraction of sp³-hybridized carbons (Fsp3) is 0.0455. The summed E-state index contributed by atoms with van der Waals surface area (Å²) in [4.78, 5) is 33.6. The largest absolute Gasteiger partial charge is 0.280 e. The Morgan fingerprint density at radius 2 is 2.06 bits per heavy atom. The summed E-state index contributed by atoms with van der Waals surface area (Å²) in [6.07, 6.45) is 6.14. The number of non-ortho nitro benzene ring substituents is 1. The van der Waals surface area contributed by atoms with Gasteiger partial charge in [0.2, 0.25) is 0 Å². The summed E-state index contributed by atoms with van der Waals surface area (Å²) in [6, 6.07) is 13.9. The summed E-state index contributed by atoms with van der Waals surface area (Å²) in [5, 5.41) is 11.4. The van der Waals surface area contributed by atoms with E-state index in [0.29, 0.717) is 20.9 Å². The van der Waals surface area contributed by atoms with Crippen LogP contribution in [0.3, 0.4) is 0 Å². The normalized spacial score (nSPS) is 11.1. The van der Waals surface area contributed by atoms with Crippen LogP contribution in [0.25, 0.3) is 16.3 Å². The van der Waals surface area contributed by atoms with Crippen LogP contribution in [0.5, 0.6) is 0 Å². The molecule has 0 unspecified atom stereocenters. The third-order valence-electron chi connectivity index (χ3n) is 4.40. The Morgan fingerprint density at radius 1 is 1.19 bits per heavy atom. The monoisotopic (exact) mass is 434 g/mol. The van der Waals surface area contributed by atoms with E-state index in [-0.39, 0.29) is 24.0 Å². The van der Waals surface area contributed by atoms with E-state index < -0.39 is 4.92 Å². The van der Waals surface area contributed by atoms with E-state index in [4.69, 9.17) is 0 Å². The topological polar surface area (TPSA) is 89.2 Å². The third kappa shape index (κ3) is 4.78. The van der Waals surface area contributed by atoms with Crippen LogP contribution in [-0.4, -0.2) is 20.8 Å². The molecule has 2 aromatic carbocycles. The van der Waals surface area contributed by atoms with Crippen molar-refractivity contribution in [3.63, 3.8) is 0 Å². The van der Waals surface area contributed by atoms with E-state index >= 15 is 0 Å². The van der Waals surface area contributed by atoms with Crippen molar-refractivity contribution in [1.29, 1.82) is 0 Å². The minimum atomic E-state index is -0.492. The highest BCUT2D eigenvalue weighted by Crippen LogP contribution is 2.30. The molecule has 7 nitrogen and oxygen atoms in total. The van der Waals surface area contributed by atoms with Crippen LogP contribution < -0.4 is 4.90 Å². The Kier molecular flexibility index (Phi) is 5.76. The number of fused-ring (bicyclic) bond motifs is 1. The molecule has 0 aliphatic rings. The van der Waals surface area contributed by atoms with Gasteiger partial charge >= 0.3 is 0 Å². The number of halogens is 1. The molecule has 0 bridgehead atoms. The van der Waals surface area contributed by atoms with Crippen molar-refractivity contribution in [2.24, 2.45) is 0 Å². The van der Waals surface area contributed by atoms with Gasteiger partial charge in [-0.1, -0.05) is 29.5 Å². The summed E-state index contributed by atoms with van der Waals surface area (Å²) >= 11 is 1.21. The highest BCUT2D eigenvalue weighted by Gasteiger charge is 2.19. The minimum Gasteiger partial charge on any atom is -0.280 e. The van der Waals surface area contributed by atoms with E-state index in [0.717, 1.165) is 5.56 Å². The maximum atomic E-state index is 13.6. The Morgan fingerprint density at radius 3 is 2.84 bits per heavy atom. The summed E-state index contributed by atoms with van der Waals surface area (Å²) in [5.41, 5.74) is 1.85. The summed E-state index contributed by atoms with van der Waals surface area (Å²) in [5.74, 6) is -0.742. The number of benzene rings is 2. The second-order valence-corrected chi connectivity index (χ2v) is 7.59. The van der Waals surface area contributed by atoms with Crippen LogP contribution in [0.15, 0.2) is 73.1 Å². The molecule has 0 fully saturated rings. The highest BCUT2D eigenvalue weighted by atomic mass is 32.1. The maximum absolute atomic E-state index is 13.6. The number of thiazole rings is 1. The zero-order chi connectivity index (χ0) is 21.8. The third-order valence-corrected chi connectivity index (χ3v) is 5.44. The smallest absolute Gasteiger partial charge is 0.270 e. The lowest BCUT2D eigenvalue weighted by Gasteiger charge is -2.18. The Hall–Kier alpha value is -3.98. The van der Waals surface area contributed by atoms with Crippen molar-refractivity contribution in [2.75, 3.05) is 4.90 Å². The van der Waals surface area contributed by atoms with E-state index in [2.05, 4.69) is 9.97 Å². The molecule has 154 valence electrons. The second kappa shape index (κ2) is 8.80. The van der Waals surface area contributed by atoms with Crippen LogP contribution in [0.2, 0.25) is 0 Å². The molecule has 0 atom stereocenters. The van der Waals surface area contributed by atoms with Crippen molar-refractivity contribution in [3.8, 4) is 0 Å². The van der Waals surface area contributed by atoms with Crippen molar-refractivity contribution in [3.05, 3.63) is 100 Å². The number of carbonyl (C=O) groups excluding carboxylic acids is 1. The van der Waals surface area contributed by atoms with E-state index in [1.165, 1.54) is 52.7 Å². The van der Waals surface area contributed by atoms with Crippen LogP contribution >= 0.6 is 11.3 Å². The lowest BCUT2D eigenvalue weighted by Crippen LogP contribution is -2.28. The Bertz CT molecular complexity index is 1290. The first-order chi connectivity index (χ1) is 15.0. The molecule has 2 aromatic heterocycles. The average Bonchev–Trinajstić information content (AvgIpc) is 3.19. The van der Waals surface area contributed by atoms with E-state index in [9.17, 15) is 19.3 Å². The highest BCUT2D eigenvalue weighted by molar-refractivity contribution is 7.22. The number of hydrogen-bond donors (Lipinski definition) is 0. The van der Waals surface area contributed by atoms with Gasteiger partial charge < -0.3 is 0 Å². The molecule has 2 heterocycles. The molecule has 0 aliphatic carbocycles. The van der Waals surface area contributed by atoms with Crippen LogP contribution in [0.4, 0.5) is 15.2 Å². The van der Waals surface area contributed by atoms with Crippen molar-refractivity contribution in [2.45, 2.75) is 6.54 Å². The van der Waals surface area contributed by atoms with Gasteiger partial charge in [0, 0.05) is 30.6 Å². The fourth-order valence-corrected chi connectivity index (χ4v) is 3.91. The molecule has 0 saturated carbocycles. The number of nitro groups is 1. The van der Waals surface area contributed by atoms with Crippen molar-refractivity contribution < 1.29 is 14.1 Å². The van der Waals surface area contributed by atoms with Gasteiger partial charge in [-0.25, -0.2) is 9.37 Å². The van der Waals surface area contributed by atoms with Gasteiger partial charge in [-0.2, -0.15) is 0 Å². The molecular weight excluding hydrogens is 419 g/mol. The lowest BCUT2D eigenvalue weighted by atomic mass is 10.2. The standard InChI is InChI=1S/C22H15FN4O3S/c23-17-7-8-19-20(12-17)31-22(25-19)26(14-16-4-2-10-24-13-16)21(28)9-6-15-3-1-5-18(11-15)27(29)30/h1-13H,14H2. The second-order valence-electron chi connectivity index (χ2n) is 6.58. The molecule has 0 saturated heterocycles. The number of rotatable bonds is 6. The summed E-state index contributed by atoms with van der Waals surface area (Å²) < 4.78 is 14.2. The molecule has 0 spiro atoms. The molecule has 9 heteroatoms. The molecule has 0 radical (unpaired) electrons. The maximum Gasteiger partial charge on any atom is 0.270 e. The van der Waals surface area contributed by atoms with Gasteiger partial charge in [0.25, 0.3) is 11.6 Å². The zero-order valence-corrected chi connectivity index (χ0v) is 16.8. The molecule has 0 N–H and O–H groups in total. The zero-order valence-electron chi connectivity index (χ0n) is 16.0. The Labute approximate surface area is 180 Å². The first-order valence-electron chi connectivity index (χ1n) is 9.18. The number of anilines is 1. The minimum absolute atomic E-state index is 0.0602. The molecule has 4 aromatic rings. The lowest BCUT2D eigenvalue weighted by molar-refractivity contribution is -0.384. The van der Waals surface area contributed by atoms with Gasteiger partial charge in [0.1, 0.15) is 5.82 Å². The van der Waals surface area contributed by atoms with E-state index in [1.807, 2.05) is 6.07 Å². The Balaban J connectivity index is 1.66. The average molecular weight is 434 g/mol. The molecule has 31 heavy (non-hydrogen) atoms. The van der Waals surface area contributed by atoms with Gasteiger partial charge in [0.15, 0.2) is 5.13 Å². The SMILES string of the molecule is O=C(C=Cc1cccc([N+](=O)[O-])c1)N(Cc1cccnc1)c1nc2ccc(F)cc2s1. The number of hydrogen-bond acceptors (Lipinski definition) is 6. The molecule has 1 amide bonds. The van der Waals surface area contributed by atoms with Gasteiger partial charge in [-0.05, 0) is 41.5 Å². The molecule has 0 aliphatic heterocycles. The van der Waals surface area contributed by atoms with Gasteiger partial charge in [-0.3, -0.25) is 24.8 Å². The van der Waals surface area contributed by atoms with Crippen molar-refractivity contribution in [1.82, 2.24) is 9.97 Å². The predicted octanol–water partition coefficient (Wildman–Crippen LogP) is 4.99. The van der Waals surface area contributed by atoms with Crippen LogP contribution in [0.1, 0.15) is 11.1 Å². The number of amides is 1. The number of nitro benzene ring substituents is 1. The molecular formula is C22H15FN4O3S. The van der Waals surface area contributed by atoms with Crippen LogP contribution in [0, 0.1) is 15.9 Å². The summed E-state index contributed by atoms with van der Waals surface area (Å²) in [7, 11) is 0. The quantitative estimate of drug-likeness (QED) is 0.242. The first kappa shape index (κ1) is 20.3. The fourth-order valence-electron chi connectivity index (χ4n) is 2.92. The number of aromatic nitrogens is 2. The van der Waals surface area contributed by atoms with Crippen molar-refractivity contribution >= 4 is 44.4 Å². The number of nitrogens with zero attached hydrogens (tertiary/aromatic N) is 4. The first-order valence-corrected chi connectivity index (χ1v) is 10.0. The summed E-state index contributed by atoms with van der Waals surface area (Å²) in [6.45, 7) is 0.217. The van der Waals surface area contributed by atoms with Gasteiger partial charge in [0.05, 0.1) is 21.7 Å². The molecule has 4 rings (SSSR count). The van der Waals surface area contributed by atoms with Gasteiger partial charge in [-0.15, -0.1) is 0 Å². The predicted molar refractivity (Wildman–Crippen MR) is 117 cm³/mol. The van der Waals surface area contributed by atoms with Crippen LogP contribution in [-0.2, 0) is 11.3 Å². The number of pyridine rings is 1. The number of carbonyl (C=O) groups is 1. The van der Waals surface area contributed by atoms with E-state index in [1.54, 1.807) is 36.7 Å².